The van der Waals surface area contributed by atoms with E-state index in [-0.39, 0.29) is 5.91 Å². The van der Waals surface area contributed by atoms with Crippen LogP contribution < -0.4 is 14.8 Å². The Hall–Kier alpha value is -3.19. The van der Waals surface area contributed by atoms with Crippen LogP contribution >= 0.6 is 0 Å². The highest BCUT2D eigenvalue weighted by molar-refractivity contribution is 5.91. The first-order valence-corrected chi connectivity index (χ1v) is 8.03. The summed E-state index contributed by atoms with van der Waals surface area (Å²) in [6.45, 7) is 2.75. The molecule has 1 amide bonds. The van der Waals surface area contributed by atoms with Gasteiger partial charge in [-0.2, -0.15) is 0 Å². The molecule has 0 aromatic heterocycles. The summed E-state index contributed by atoms with van der Waals surface area (Å²) < 4.78 is 10.8. The van der Waals surface area contributed by atoms with Crippen molar-refractivity contribution in [2.45, 2.75) is 6.92 Å². The van der Waals surface area contributed by atoms with Gasteiger partial charge in [0.2, 0.25) is 5.91 Å². The average Bonchev–Trinajstić information content (AvgIpc) is 2.65. The van der Waals surface area contributed by atoms with Crippen molar-refractivity contribution in [1.82, 2.24) is 5.32 Å². The number of ether oxygens (including phenoxy) is 2. The Morgan fingerprint density at radius 2 is 1.96 bits per heavy atom. The molecule has 2 rings (SSSR count). The number of benzene rings is 2. The second kappa shape index (κ2) is 9.84. The number of hydrogen-bond acceptors (Lipinski definition) is 3. The van der Waals surface area contributed by atoms with Crippen molar-refractivity contribution >= 4 is 12.0 Å². The third-order valence-corrected chi connectivity index (χ3v) is 3.27. The maximum atomic E-state index is 11.8. The molecule has 0 fully saturated rings. The van der Waals surface area contributed by atoms with E-state index in [1.807, 2.05) is 55.5 Å². The molecule has 128 valence electrons. The largest absolute Gasteiger partial charge is 0.493 e. The van der Waals surface area contributed by atoms with Crippen molar-refractivity contribution in [3.63, 3.8) is 0 Å². The van der Waals surface area contributed by atoms with Crippen LogP contribution in [0.4, 0.5) is 0 Å². The standard InChI is InChI=1S/C21H21NO3/c1-3-25-20-16-18(11-13-19(20)24-2)12-14-21(23)22-15-7-10-17-8-5-4-6-9-17/h4-6,8-9,11-14,16H,3,15H2,1-2H3,(H,22,23)/b14-12+. The fourth-order valence-corrected chi connectivity index (χ4v) is 2.10. The Kier molecular flexibility index (Phi) is 7.14. The van der Waals surface area contributed by atoms with Crippen LogP contribution in [0.25, 0.3) is 6.08 Å². The van der Waals surface area contributed by atoms with Gasteiger partial charge in [-0.1, -0.05) is 36.1 Å². The monoisotopic (exact) mass is 335 g/mol. The van der Waals surface area contributed by atoms with E-state index in [1.54, 1.807) is 13.2 Å². The molecular weight excluding hydrogens is 314 g/mol. The molecule has 4 heteroatoms. The molecule has 0 saturated heterocycles. The summed E-state index contributed by atoms with van der Waals surface area (Å²) in [5.41, 5.74) is 1.78. The van der Waals surface area contributed by atoms with E-state index >= 15 is 0 Å². The average molecular weight is 335 g/mol. The number of methoxy groups -OCH3 is 1. The molecule has 0 bridgehead atoms. The van der Waals surface area contributed by atoms with Crippen molar-refractivity contribution in [2.75, 3.05) is 20.3 Å². The molecule has 2 aromatic carbocycles. The molecule has 0 atom stereocenters. The van der Waals surface area contributed by atoms with E-state index in [4.69, 9.17) is 9.47 Å². The molecule has 4 nitrogen and oxygen atoms in total. The fourth-order valence-electron chi connectivity index (χ4n) is 2.10. The topological polar surface area (TPSA) is 47.6 Å². The zero-order chi connectivity index (χ0) is 17.9. The maximum Gasteiger partial charge on any atom is 0.244 e. The van der Waals surface area contributed by atoms with Crippen LogP contribution in [-0.2, 0) is 4.79 Å². The number of carbonyl (C=O) groups is 1. The molecule has 0 spiro atoms. The molecule has 0 aliphatic heterocycles. The van der Waals surface area contributed by atoms with Crippen LogP contribution in [0.15, 0.2) is 54.6 Å². The second-order valence-electron chi connectivity index (χ2n) is 5.06. The Labute approximate surface area is 148 Å². The lowest BCUT2D eigenvalue weighted by molar-refractivity contribution is -0.116. The van der Waals surface area contributed by atoms with Gasteiger partial charge in [0, 0.05) is 11.6 Å². The SMILES string of the molecule is CCOc1cc(/C=C/C(=O)NCC#Cc2ccccc2)ccc1OC. The van der Waals surface area contributed by atoms with Gasteiger partial charge in [-0.15, -0.1) is 0 Å². The first-order valence-electron chi connectivity index (χ1n) is 8.03. The summed E-state index contributed by atoms with van der Waals surface area (Å²) in [5, 5.41) is 2.73. The van der Waals surface area contributed by atoms with Gasteiger partial charge in [-0.25, -0.2) is 0 Å². The van der Waals surface area contributed by atoms with E-state index < -0.39 is 0 Å². The maximum absolute atomic E-state index is 11.8. The molecule has 0 saturated carbocycles. The summed E-state index contributed by atoms with van der Waals surface area (Å²) in [6.07, 6.45) is 3.20. The quantitative estimate of drug-likeness (QED) is 0.651. The Morgan fingerprint density at radius 3 is 2.68 bits per heavy atom. The molecule has 0 aliphatic rings. The van der Waals surface area contributed by atoms with Crippen LogP contribution in [0.2, 0.25) is 0 Å². The summed E-state index contributed by atoms with van der Waals surface area (Å²) in [4.78, 5) is 11.8. The summed E-state index contributed by atoms with van der Waals surface area (Å²) in [5.74, 6) is 7.03. The zero-order valence-corrected chi connectivity index (χ0v) is 14.4. The lowest BCUT2D eigenvalue weighted by Gasteiger charge is -2.09. The fraction of sp³-hybridized carbons (Fsp3) is 0.190. The molecule has 2 aromatic rings. The third kappa shape index (κ3) is 6.08. The number of hydrogen-bond donors (Lipinski definition) is 1. The molecule has 0 unspecified atom stereocenters. The highest BCUT2D eigenvalue weighted by atomic mass is 16.5. The Bertz CT molecular complexity index is 786. The van der Waals surface area contributed by atoms with E-state index in [0.717, 1.165) is 11.1 Å². The Morgan fingerprint density at radius 1 is 1.16 bits per heavy atom. The highest BCUT2D eigenvalue weighted by Gasteiger charge is 2.04. The first-order chi connectivity index (χ1) is 12.2. The molecule has 1 N–H and O–H groups in total. The van der Waals surface area contributed by atoms with Crippen molar-refractivity contribution < 1.29 is 14.3 Å². The van der Waals surface area contributed by atoms with Crippen molar-refractivity contribution in [1.29, 1.82) is 0 Å². The molecular formula is C21H21NO3. The van der Waals surface area contributed by atoms with Gasteiger partial charge >= 0.3 is 0 Å². The molecule has 0 heterocycles. The minimum absolute atomic E-state index is 0.198. The normalized spacial score (nSPS) is 10.0. The lowest BCUT2D eigenvalue weighted by atomic mass is 10.2. The highest BCUT2D eigenvalue weighted by Crippen LogP contribution is 2.28. The van der Waals surface area contributed by atoms with Gasteiger partial charge in [0.1, 0.15) is 0 Å². The second-order valence-corrected chi connectivity index (χ2v) is 5.06. The summed E-state index contributed by atoms with van der Waals surface area (Å²) in [7, 11) is 1.59. The van der Waals surface area contributed by atoms with Crippen molar-refractivity contribution in [2.24, 2.45) is 0 Å². The lowest BCUT2D eigenvalue weighted by Crippen LogP contribution is -2.20. The molecule has 0 radical (unpaired) electrons. The van der Waals surface area contributed by atoms with E-state index in [2.05, 4.69) is 17.2 Å². The van der Waals surface area contributed by atoms with Crippen LogP contribution in [-0.4, -0.2) is 26.2 Å². The first kappa shape index (κ1) is 18.2. The van der Waals surface area contributed by atoms with Crippen LogP contribution in [0.1, 0.15) is 18.1 Å². The van der Waals surface area contributed by atoms with Gasteiger partial charge in [0.05, 0.1) is 20.3 Å². The van der Waals surface area contributed by atoms with Gasteiger partial charge in [-0.3, -0.25) is 4.79 Å². The van der Waals surface area contributed by atoms with E-state index in [9.17, 15) is 4.79 Å². The van der Waals surface area contributed by atoms with Crippen LogP contribution in [0, 0.1) is 11.8 Å². The predicted molar refractivity (Wildman–Crippen MR) is 99.5 cm³/mol. The number of rotatable bonds is 6. The van der Waals surface area contributed by atoms with Gasteiger partial charge in [-0.05, 0) is 42.8 Å². The number of nitrogens with one attached hydrogen (secondary N) is 1. The smallest absolute Gasteiger partial charge is 0.244 e. The van der Waals surface area contributed by atoms with Crippen molar-refractivity contribution in [3.05, 3.63) is 65.7 Å². The number of amides is 1. The summed E-state index contributed by atoms with van der Waals surface area (Å²) >= 11 is 0. The predicted octanol–water partition coefficient (Wildman–Crippen LogP) is 3.28. The summed E-state index contributed by atoms with van der Waals surface area (Å²) in [6, 6.07) is 15.2. The van der Waals surface area contributed by atoms with Gasteiger partial charge in [0.25, 0.3) is 0 Å². The van der Waals surface area contributed by atoms with Gasteiger partial charge in [0.15, 0.2) is 11.5 Å². The van der Waals surface area contributed by atoms with Crippen LogP contribution in [0.3, 0.4) is 0 Å². The minimum Gasteiger partial charge on any atom is -0.493 e. The Balaban J connectivity index is 1.90. The minimum atomic E-state index is -0.198. The zero-order valence-electron chi connectivity index (χ0n) is 14.4. The molecule has 25 heavy (non-hydrogen) atoms. The third-order valence-electron chi connectivity index (χ3n) is 3.27. The van der Waals surface area contributed by atoms with Crippen molar-refractivity contribution in [3.8, 4) is 23.3 Å². The van der Waals surface area contributed by atoms with E-state index in [0.29, 0.717) is 24.7 Å². The van der Waals surface area contributed by atoms with Crippen LogP contribution in [0.5, 0.6) is 11.5 Å². The van der Waals surface area contributed by atoms with Gasteiger partial charge < -0.3 is 14.8 Å². The number of carbonyl (C=O) groups excluding carboxylic acids is 1. The van der Waals surface area contributed by atoms with E-state index in [1.165, 1.54) is 6.08 Å². The molecule has 0 aliphatic carbocycles.